The number of phenolic OH excluding ortho intramolecular Hbond substituents is 1. The van der Waals surface area contributed by atoms with Crippen LogP contribution in [0.15, 0.2) is 24.4 Å². The number of aromatic nitrogens is 1. The zero-order valence-corrected chi connectivity index (χ0v) is 18.2. The zero-order chi connectivity index (χ0) is 25.4. The Bertz CT molecular complexity index is 1360. The van der Waals surface area contributed by atoms with Gasteiger partial charge in [0.05, 0.1) is 17.2 Å². The first-order chi connectivity index (χ1) is 16.5. The van der Waals surface area contributed by atoms with E-state index in [1.165, 1.54) is 18.3 Å². The largest absolute Gasteiger partial charge is 0.505 e. The molecular weight excluding hydrogens is 461 g/mol. The van der Waals surface area contributed by atoms with Crippen molar-refractivity contribution in [1.29, 1.82) is 0 Å². The molecule has 10 nitrogen and oxygen atoms in total. The highest BCUT2D eigenvalue weighted by Gasteiger charge is 2.66. The van der Waals surface area contributed by atoms with Crippen molar-refractivity contribution >= 4 is 34.7 Å². The minimum atomic E-state index is -2.72. The number of carbonyl (C=O) groups is 5. The average Bonchev–Trinajstić information content (AvgIpc) is 2.79. The van der Waals surface area contributed by atoms with Crippen LogP contribution in [0.1, 0.15) is 28.8 Å². The van der Waals surface area contributed by atoms with Crippen LogP contribution in [-0.4, -0.2) is 49.8 Å². The number of anilines is 1. The summed E-state index contributed by atoms with van der Waals surface area (Å²) < 4.78 is 13.4. The molecule has 0 spiro atoms. The maximum absolute atomic E-state index is 13.6. The Balaban J connectivity index is 1.64. The van der Waals surface area contributed by atoms with E-state index >= 15 is 0 Å². The fraction of sp³-hybridized carbons (Fsp3) is 0.333. The Labute approximate surface area is 197 Å². The highest BCUT2D eigenvalue weighted by molar-refractivity contribution is 6.31. The van der Waals surface area contributed by atoms with Gasteiger partial charge in [-0.25, -0.2) is 4.98 Å². The van der Waals surface area contributed by atoms with Crippen LogP contribution in [0.2, 0.25) is 0 Å². The van der Waals surface area contributed by atoms with Crippen molar-refractivity contribution in [2.24, 2.45) is 29.4 Å². The van der Waals surface area contributed by atoms with Crippen LogP contribution in [0.5, 0.6) is 5.75 Å². The molecule has 2 fully saturated rings. The van der Waals surface area contributed by atoms with Crippen LogP contribution < -0.4 is 11.5 Å². The van der Waals surface area contributed by atoms with E-state index in [0.717, 1.165) is 6.07 Å². The minimum absolute atomic E-state index is 0.0344. The fourth-order valence-electron chi connectivity index (χ4n) is 5.85. The predicted octanol–water partition coefficient (Wildman–Crippen LogP) is 0.110. The normalized spacial score (nSPS) is 29.9. The molecule has 0 bridgehead atoms. The summed E-state index contributed by atoms with van der Waals surface area (Å²) in [4.78, 5) is 67.8. The smallest absolute Gasteiger partial charge is 0.235 e. The number of rotatable bonds is 2. The number of benzene rings is 1. The van der Waals surface area contributed by atoms with Crippen LogP contribution in [0, 0.1) is 29.6 Å². The summed E-state index contributed by atoms with van der Waals surface area (Å²) in [6.45, 7) is 0. The first-order valence-electron chi connectivity index (χ1n) is 10.9. The summed E-state index contributed by atoms with van der Waals surface area (Å²) in [6.07, 6.45) is 0.859. The van der Waals surface area contributed by atoms with E-state index in [1.807, 2.05) is 0 Å². The number of aliphatic hydroxyl groups is 1. The molecule has 1 heterocycles. The van der Waals surface area contributed by atoms with E-state index in [0.29, 0.717) is 16.7 Å². The highest BCUT2D eigenvalue weighted by atomic mass is 19.1. The minimum Gasteiger partial charge on any atom is -0.505 e. The van der Waals surface area contributed by atoms with Crippen molar-refractivity contribution in [3.05, 3.63) is 41.5 Å². The predicted molar refractivity (Wildman–Crippen MR) is 116 cm³/mol. The van der Waals surface area contributed by atoms with Gasteiger partial charge in [-0.15, -0.1) is 0 Å². The molecule has 5 rings (SSSR count). The second kappa shape index (κ2) is 7.51. The summed E-state index contributed by atoms with van der Waals surface area (Å²) in [7, 11) is 0. The third-order valence-corrected chi connectivity index (χ3v) is 7.47. The van der Waals surface area contributed by atoms with Crippen molar-refractivity contribution in [3.63, 3.8) is 0 Å². The van der Waals surface area contributed by atoms with E-state index in [9.17, 15) is 38.6 Å². The number of nitrogens with two attached hydrogens (primary N) is 2. The molecule has 11 heteroatoms. The van der Waals surface area contributed by atoms with Crippen LogP contribution >= 0.6 is 0 Å². The van der Waals surface area contributed by atoms with E-state index in [-0.39, 0.29) is 24.1 Å². The maximum atomic E-state index is 13.6. The number of aromatic hydroxyl groups is 1. The van der Waals surface area contributed by atoms with Crippen molar-refractivity contribution in [2.45, 2.75) is 24.9 Å². The molecule has 2 saturated carbocycles. The number of ketones is 4. The molecule has 1 amide bonds. The SMILES string of the molecule is NC(=O)C1C(=O)C[C@@H]2C[C@@H]3Cc4c(-c5ccc(F)nc5)cc(N)c(O)c4C(=O)C3C(=O)[C@]2(O)C1=O. The lowest BCUT2D eigenvalue weighted by molar-refractivity contribution is -0.175. The Hall–Kier alpha value is -3.99. The van der Waals surface area contributed by atoms with Crippen molar-refractivity contribution in [2.75, 3.05) is 5.73 Å². The van der Waals surface area contributed by atoms with Crippen LogP contribution in [0.4, 0.5) is 10.1 Å². The number of hydrogen-bond acceptors (Lipinski definition) is 9. The van der Waals surface area contributed by atoms with E-state index in [1.54, 1.807) is 0 Å². The standard InChI is InChI=1S/C24H20FN3O7/c25-15-2-1-8(7-28-15)11-6-13(26)19(30)17-12(11)4-9-3-10-5-14(29)18(23(27)34)22(33)24(10,35)21(32)16(9)20(17)31/h1-2,6-7,9-10,16,18,30,35H,3-5,26H2,(H2,27,34)/t9-,10+,16?,18?,24+/m1/s1. The lowest BCUT2D eigenvalue weighted by Crippen LogP contribution is -2.68. The summed E-state index contributed by atoms with van der Waals surface area (Å²) in [5, 5.41) is 21.8. The summed E-state index contributed by atoms with van der Waals surface area (Å²) in [5.41, 5.74) is 9.17. The van der Waals surface area contributed by atoms with Gasteiger partial charge in [0.25, 0.3) is 0 Å². The molecule has 1 aromatic heterocycles. The van der Waals surface area contributed by atoms with E-state index in [2.05, 4.69) is 4.98 Å². The molecule has 0 radical (unpaired) electrons. The van der Waals surface area contributed by atoms with Crippen LogP contribution in [-0.2, 0) is 25.6 Å². The highest BCUT2D eigenvalue weighted by Crippen LogP contribution is 2.51. The molecule has 2 unspecified atom stereocenters. The number of amides is 1. The molecule has 0 saturated heterocycles. The number of carbonyl (C=O) groups excluding carboxylic acids is 5. The maximum Gasteiger partial charge on any atom is 0.235 e. The van der Waals surface area contributed by atoms with Gasteiger partial charge >= 0.3 is 0 Å². The number of halogens is 1. The van der Waals surface area contributed by atoms with Crippen LogP contribution in [0.3, 0.4) is 0 Å². The number of nitrogens with zero attached hydrogens (tertiary/aromatic N) is 1. The summed E-state index contributed by atoms with van der Waals surface area (Å²) in [5.74, 6) is -11.9. The molecule has 0 aliphatic heterocycles. The Morgan fingerprint density at radius 3 is 2.49 bits per heavy atom. The number of Topliss-reactive ketones (excluding diaryl/α,β-unsaturated/α-hetero) is 4. The second-order valence-electron chi connectivity index (χ2n) is 9.32. The molecule has 2 aromatic rings. The lowest BCUT2D eigenvalue weighted by atomic mass is 9.53. The molecule has 3 aliphatic rings. The third-order valence-electron chi connectivity index (χ3n) is 7.47. The monoisotopic (exact) mass is 481 g/mol. The van der Waals surface area contributed by atoms with Gasteiger partial charge in [-0.3, -0.25) is 24.0 Å². The number of pyridine rings is 1. The number of phenols is 1. The van der Waals surface area contributed by atoms with Gasteiger partial charge in [0, 0.05) is 24.1 Å². The molecule has 180 valence electrons. The number of fused-ring (bicyclic) bond motifs is 3. The van der Waals surface area contributed by atoms with Gasteiger partial charge in [0.1, 0.15) is 5.75 Å². The summed E-state index contributed by atoms with van der Waals surface area (Å²) >= 11 is 0. The van der Waals surface area contributed by atoms with Gasteiger partial charge in [-0.1, -0.05) is 0 Å². The lowest BCUT2D eigenvalue weighted by Gasteiger charge is -2.48. The Kier molecular flexibility index (Phi) is 4.89. The fourth-order valence-corrected chi connectivity index (χ4v) is 5.85. The van der Waals surface area contributed by atoms with Gasteiger partial charge < -0.3 is 21.7 Å². The van der Waals surface area contributed by atoms with E-state index in [4.69, 9.17) is 11.5 Å². The average molecular weight is 481 g/mol. The number of nitrogen functional groups attached to an aromatic ring is 1. The van der Waals surface area contributed by atoms with E-state index < -0.39 is 76.4 Å². The molecular formula is C24H20FN3O7. The quantitative estimate of drug-likeness (QED) is 0.199. The van der Waals surface area contributed by atoms with Crippen molar-refractivity contribution in [1.82, 2.24) is 4.98 Å². The topological polar surface area (TPSA) is 191 Å². The van der Waals surface area contributed by atoms with Gasteiger partial charge in [0.2, 0.25) is 11.9 Å². The van der Waals surface area contributed by atoms with Crippen molar-refractivity contribution in [3.8, 4) is 16.9 Å². The van der Waals surface area contributed by atoms with Crippen LogP contribution in [0.25, 0.3) is 11.1 Å². The molecule has 6 N–H and O–H groups in total. The first-order valence-corrected chi connectivity index (χ1v) is 10.9. The summed E-state index contributed by atoms with van der Waals surface area (Å²) in [6, 6.07) is 3.97. The van der Waals surface area contributed by atoms with Gasteiger partial charge in [0.15, 0.2) is 34.7 Å². The Morgan fingerprint density at radius 2 is 1.86 bits per heavy atom. The molecule has 35 heavy (non-hydrogen) atoms. The second-order valence-corrected chi connectivity index (χ2v) is 9.32. The number of primary amides is 1. The third kappa shape index (κ3) is 3.04. The number of hydrogen-bond donors (Lipinski definition) is 4. The molecule has 5 atom stereocenters. The molecule has 1 aromatic carbocycles. The van der Waals surface area contributed by atoms with Gasteiger partial charge in [-0.2, -0.15) is 4.39 Å². The Morgan fingerprint density at radius 1 is 1.14 bits per heavy atom. The van der Waals surface area contributed by atoms with Gasteiger partial charge in [-0.05, 0) is 48.1 Å². The van der Waals surface area contributed by atoms with Crippen molar-refractivity contribution < 1.29 is 38.6 Å². The molecule has 3 aliphatic carbocycles. The zero-order valence-electron chi connectivity index (χ0n) is 18.2. The first kappa shape index (κ1) is 22.8.